The highest BCUT2D eigenvalue weighted by atomic mass is 19.4. The van der Waals surface area contributed by atoms with Gasteiger partial charge in [-0.15, -0.1) is 0 Å². The molecule has 0 aliphatic carbocycles. The number of hydrogen-bond acceptors (Lipinski definition) is 1. The van der Waals surface area contributed by atoms with Crippen LogP contribution >= 0.6 is 0 Å². The van der Waals surface area contributed by atoms with Crippen LogP contribution in [0.5, 0.6) is 0 Å². The number of aromatic nitrogens is 1. The van der Waals surface area contributed by atoms with Crippen molar-refractivity contribution >= 4 is 0 Å². The summed E-state index contributed by atoms with van der Waals surface area (Å²) in [4.78, 5) is 3.13. The maximum atomic E-state index is 11.9. The Balaban J connectivity index is 3.06. The minimum absolute atomic E-state index is 0.437. The second-order valence-electron chi connectivity index (χ2n) is 2.10. The summed E-state index contributed by atoms with van der Waals surface area (Å²) < 4.78 is 35.6. The molecule has 1 aromatic rings. The zero-order chi connectivity index (χ0) is 8.48. The van der Waals surface area contributed by atoms with Crippen LogP contribution in [0.15, 0.2) is 12.3 Å². The second-order valence-corrected chi connectivity index (χ2v) is 2.10. The number of halogens is 3. The van der Waals surface area contributed by atoms with Gasteiger partial charge >= 0.3 is 6.18 Å². The van der Waals surface area contributed by atoms with Crippen molar-refractivity contribution in [3.63, 3.8) is 0 Å². The van der Waals surface area contributed by atoms with Crippen molar-refractivity contribution in [3.8, 4) is 0 Å². The van der Waals surface area contributed by atoms with E-state index in [1.54, 1.807) is 0 Å². The normalized spacial score (nSPS) is 11.6. The largest absolute Gasteiger partial charge is 0.433 e. The Bertz CT molecular complexity index is 254. The lowest BCUT2D eigenvalue weighted by Gasteiger charge is -2.03. The van der Waals surface area contributed by atoms with Gasteiger partial charge in [-0.1, -0.05) is 0 Å². The summed E-state index contributed by atoms with van der Waals surface area (Å²) in [5.74, 6) is 0. The molecule has 0 unspecified atom stereocenters. The van der Waals surface area contributed by atoms with Crippen LogP contribution in [0, 0.1) is 13.0 Å². The first kappa shape index (κ1) is 8.04. The Morgan fingerprint density at radius 1 is 1.45 bits per heavy atom. The topological polar surface area (TPSA) is 12.9 Å². The number of nitrogens with zero attached hydrogens (tertiary/aromatic N) is 1. The molecule has 1 radical (unpaired) electrons. The molecule has 0 bridgehead atoms. The van der Waals surface area contributed by atoms with Gasteiger partial charge < -0.3 is 0 Å². The fraction of sp³-hybridized carbons (Fsp3) is 0.286. The SMILES string of the molecule is Cc1[c]c(C(F)(F)F)ncc1. The molecule has 0 aliphatic heterocycles. The number of hydrogen-bond donors (Lipinski definition) is 0. The molecule has 0 saturated heterocycles. The summed E-state index contributed by atoms with van der Waals surface area (Å²) in [5.41, 5.74) is -0.523. The molecule has 1 aromatic heterocycles. The molecule has 4 heteroatoms. The lowest BCUT2D eigenvalue weighted by Crippen LogP contribution is -2.07. The second kappa shape index (κ2) is 2.53. The molecule has 1 rings (SSSR count). The van der Waals surface area contributed by atoms with Crippen LogP contribution in [0.2, 0.25) is 0 Å². The minimum Gasteiger partial charge on any atom is -0.251 e. The molecule has 0 N–H and O–H groups in total. The summed E-state index contributed by atoms with van der Waals surface area (Å²) in [6.07, 6.45) is -3.26. The van der Waals surface area contributed by atoms with E-state index in [-0.39, 0.29) is 0 Å². The van der Waals surface area contributed by atoms with E-state index in [9.17, 15) is 13.2 Å². The molecule has 11 heavy (non-hydrogen) atoms. The van der Waals surface area contributed by atoms with Gasteiger partial charge in [0.1, 0.15) is 0 Å². The summed E-state index contributed by atoms with van der Waals surface area (Å²) in [7, 11) is 0. The number of pyridine rings is 1. The Labute approximate surface area is 61.9 Å². The summed E-state index contributed by atoms with van der Waals surface area (Å²) in [6.45, 7) is 1.54. The Morgan fingerprint density at radius 2 is 2.09 bits per heavy atom. The molecule has 0 spiro atoms. The van der Waals surface area contributed by atoms with Gasteiger partial charge in [0.15, 0.2) is 5.69 Å². The van der Waals surface area contributed by atoms with Gasteiger partial charge in [0.25, 0.3) is 0 Å². The van der Waals surface area contributed by atoms with E-state index in [1.165, 1.54) is 13.0 Å². The summed E-state index contributed by atoms with van der Waals surface area (Å²) >= 11 is 0. The van der Waals surface area contributed by atoms with Crippen molar-refractivity contribution in [2.45, 2.75) is 13.1 Å². The highest BCUT2D eigenvalue weighted by molar-refractivity contribution is 5.14. The third-order valence-corrected chi connectivity index (χ3v) is 1.11. The molecule has 0 fully saturated rings. The zero-order valence-corrected chi connectivity index (χ0v) is 5.74. The average Bonchev–Trinajstić information content (AvgIpc) is 1.86. The van der Waals surface area contributed by atoms with E-state index in [4.69, 9.17) is 0 Å². The van der Waals surface area contributed by atoms with Crippen molar-refractivity contribution in [1.29, 1.82) is 0 Å². The zero-order valence-electron chi connectivity index (χ0n) is 5.74. The molecule has 0 amide bonds. The monoisotopic (exact) mass is 160 g/mol. The molecule has 1 heterocycles. The molecule has 0 atom stereocenters. The first-order chi connectivity index (χ1) is 5.00. The van der Waals surface area contributed by atoms with Crippen molar-refractivity contribution < 1.29 is 13.2 Å². The fourth-order valence-corrected chi connectivity index (χ4v) is 0.628. The third kappa shape index (κ3) is 1.93. The van der Waals surface area contributed by atoms with E-state index in [2.05, 4.69) is 11.1 Å². The molecule has 0 aromatic carbocycles. The lowest BCUT2D eigenvalue weighted by atomic mass is 10.2. The van der Waals surface area contributed by atoms with Crippen LogP contribution in [0.3, 0.4) is 0 Å². The van der Waals surface area contributed by atoms with Crippen LogP contribution < -0.4 is 0 Å². The lowest BCUT2D eigenvalue weighted by molar-refractivity contribution is -0.141. The average molecular weight is 160 g/mol. The number of rotatable bonds is 0. The molecule has 59 valence electrons. The summed E-state index contributed by atoms with van der Waals surface area (Å²) in [5, 5.41) is 0. The van der Waals surface area contributed by atoms with Crippen LogP contribution in [0.4, 0.5) is 13.2 Å². The first-order valence-corrected chi connectivity index (χ1v) is 2.92. The maximum Gasteiger partial charge on any atom is 0.433 e. The van der Waals surface area contributed by atoms with Crippen molar-refractivity contribution in [2.24, 2.45) is 0 Å². The highest BCUT2D eigenvalue weighted by Crippen LogP contribution is 2.26. The highest BCUT2D eigenvalue weighted by Gasteiger charge is 2.32. The van der Waals surface area contributed by atoms with E-state index < -0.39 is 11.9 Å². The van der Waals surface area contributed by atoms with Gasteiger partial charge in [-0.05, 0) is 18.6 Å². The van der Waals surface area contributed by atoms with Crippen LogP contribution in [0.25, 0.3) is 0 Å². The third-order valence-electron chi connectivity index (χ3n) is 1.11. The Hall–Kier alpha value is -1.06. The molecule has 0 aliphatic rings. The Morgan fingerprint density at radius 3 is 2.45 bits per heavy atom. The molecular weight excluding hydrogens is 155 g/mol. The fourth-order valence-electron chi connectivity index (χ4n) is 0.628. The molecule has 1 nitrogen and oxygen atoms in total. The molecule has 0 saturated carbocycles. The number of alkyl halides is 3. The van der Waals surface area contributed by atoms with E-state index in [0.717, 1.165) is 6.20 Å². The van der Waals surface area contributed by atoms with Gasteiger partial charge in [-0.2, -0.15) is 13.2 Å². The molecular formula is C7H5F3N. The van der Waals surface area contributed by atoms with E-state index in [0.29, 0.717) is 5.56 Å². The first-order valence-electron chi connectivity index (χ1n) is 2.92. The smallest absolute Gasteiger partial charge is 0.251 e. The van der Waals surface area contributed by atoms with Crippen LogP contribution in [0.1, 0.15) is 11.3 Å². The van der Waals surface area contributed by atoms with Crippen molar-refractivity contribution in [3.05, 3.63) is 29.6 Å². The van der Waals surface area contributed by atoms with Gasteiger partial charge in [-0.3, -0.25) is 4.98 Å². The van der Waals surface area contributed by atoms with Gasteiger partial charge in [-0.25, -0.2) is 0 Å². The predicted octanol–water partition coefficient (Wildman–Crippen LogP) is 2.21. The Kier molecular flexibility index (Phi) is 1.85. The van der Waals surface area contributed by atoms with Gasteiger partial charge in [0.05, 0.1) is 0 Å². The van der Waals surface area contributed by atoms with E-state index in [1.807, 2.05) is 0 Å². The standard InChI is InChI=1S/C7H5F3N/c1-5-2-3-11-6(4-5)7(8,9)10/h2-3H,1H3. The number of aryl methyl sites for hydroxylation is 1. The van der Waals surface area contributed by atoms with Crippen LogP contribution in [-0.4, -0.2) is 4.98 Å². The van der Waals surface area contributed by atoms with Gasteiger partial charge in [0, 0.05) is 12.3 Å². The van der Waals surface area contributed by atoms with Gasteiger partial charge in [0.2, 0.25) is 0 Å². The van der Waals surface area contributed by atoms with E-state index >= 15 is 0 Å². The maximum absolute atomic E-state index is 11.9. The quantitative estimate of drug-likeness (QED) is 0.567. The van der Waals surface area contributed by atoms with Crippen molar-refractivity contribution in [1.82, 2.24) is 4.98 Å². The predicted molar refractivity (Wildman–Crippen MR) is 32.8 cm³/mol. The minimum atomic E-state index is -4.38. The van der Waals surface area contributed by atoms with Crippen molar-refractivity contribution in [2.75, 3.05) is 0 Å². The summed E-state index contributed by atoms with van der Waals surface area (Å²) in [6, 6.07) is 3.58. The van der Waals surface area contributed by atoms with Crippen LogP contribution in [-0.2, 0) is 6.18 Å².